The lowest BCUT2D eigenvalue weighted by Gasteiger charge is -2.25. The fourth-order valence-electron chi connectivity index (χ4n) is 3.56. The first-order chi connectivity index (χ1) is 13.5. The number of carbonyl (C=O) groups excluding carboxylic acids is 1. The molecule has 5 nitrogen and oxygen atoms in total. The molecule has 2 aromatic carbocycles. The van der Waals surface area contributed by atoms with Crippen LogP contribution in [0.2, 0.25) is 0 Å². The standard InChI is InChI=1S/C23H27N3O2/c1-5-20(26-17(3)15-16(2)25-26)23(27)24-22(18-11-7-6-8-12-18)19-13-9-10-14-21(19)28-4/h6-15,20,22H,5H2,1-4H3,(H,24,27)/t20-,22-/m1/s1. The predicted octanol–water partition coefficient (Wildman–Crippen LogP) is 4.37. The Balaban J connectivity index is 1.97. The maximum absolute atomic E-state index is 13.3. The number of nitrogens with zero attached hydrogens (tertiary/aromatic N) is 2. The van der Waals surface area contributed by atoms with Crippen LogP contribution in [-0.4, -0.2) is 22.8 Å². The minimum atomic E-state index is -0.366. The second kappa shape index (κ2) is 8.74. The average molecular weight is 377 g/mol. The number of ether oxygens (including phenoxy) is 1. The number of methoxy groups -OCH3 is 1. The van der Waals surface area contributed by atoms with Crippen molar-refractivity contribution < 1.29 is 9.53 Å². The van der Waals surface area contributed by atoms with E-state index in [-0.39, 0.29) is 18.0 Å². The van der Waals surface area contributed by atoms with Crippen molar-refractivity contribution in [3.8, 4) is 5.75 Å². The lowest BCUT2D eigenvalue weighted by atomic mass is 9.97. The number of benzene rings is 2. The Morgan fingerprint density at radius 3 is 2.39 bits per heavy atom. The van der Waals surface area contributed by atoms with Crippen LogP contribution in [0.5, 0.6) is 5.75 Å². The zero-order chi connectivity index (χ0) is 20.1. The maximum atomic E-state index is 13.3. The van der Waals surface area contributed by atoms with E-state index in [1.54, 1.807) is 7.11 Å². The molecule has 0 saturated carbocycles. The summed E-state index contributed by atoms with van der Waals surface area (Å²) in [5.41, 5.74) is 3.82. The third-order valence-corrected chi connectivity index (χ3v) is 4.90. The predicted molar refractivity (Wildman–Crippen MR) is 110 cm³/mol. The molecule has 0 aliphatic heterocycles. The van der Waals surface area contributed by atoms with Crippen LogP contribution in [0.3, 0.4) is 0 Å². The molecule has 5 heteroatoms. The molecule has 1 heterocycles. The number of rotatable bonds is 7. The molecule has 0 radical (unpaired) electrons. The lowest BCUT2D eigenvalue weighted by molar-refractivity contribution is -0.125. The first-order valence-corrected chi connectivity index (χ1v) is 9.56. The number of aromatic nitrogens is 2. The van der Waals surface area contributed by atoms with Crippen LogP contribution in [0.25, 0.3) is 0 Å². The van der Waals surface area contributed by atoms with Crippen molar-refractivity contribution >= 4 is 5.91 Å². The van der Waals surface area contributed by atoms with Gasteiger partial charge in [0.1, 0.15) is 11.8 Å². The molecular weight excluding hydrogens is 350 g/mol. The Labute approximate surface area is 166 Å². The molecular formula is C23H27N3O2. The summed E-state index contributed by atoms with van der Waals surface area (Å²) in [5, 5.41) is 7.75. The van der Waals surface area contributed by atoms with E-state index in [9.17, 15) is 4.79 Å². The summed E-state index contributed by atoms with van der Waals surface area (Å²) < 4.78 is 7.37. The average Bonchev–Trinajstić information content (AvgIpc) is 3.05. The summed E-state index contributed by atoms with van der Waals surface area (Å²) >= 11 is 0. The van der Waals surface area contributed by atoms with Crippen molar-refractivity contribution in [1.82, 2.24) is 15.1 Å². The van der Waals surface area contributed by atoms with E-state index in [4.69, 9.17) is 4.74 Å². The second-order valence-electron chi connectivity index (χ2n) is 6.89. The summed E-state index contributed by atoms with van der Waals surface area (Å²) in [6.07, 6.45) is 0.654. The van der Waals surface area contributed by atoms with Crippen LogP contribution < -0.4 is 10.1 Å². The van der Waals surface area contributed by atoms with Gasteiger partial charge in [-0.05, 0) is 38.0 Å². The van der Waals surface area contributed by atoms with E-state index in [2.05, 4.69) is 10.4 Å². The van der Waals surface area contributed by atoms with Gasteiger partial charge < -0.3 is 10.1 Å². The number of nitrogens with one attached hydrogen (secondary N) is 1. The van der Waals surface area contributed by atoms with Crippen molar-refractivity contribution in [1.29, 1.82) is 0 Å². The van der Waals surface area contributed by atoms with Gasteiger partial charge in [0.05, 0.1) is 18.8 Å². The van der Waals surface area contributed by atoms with Crippen LogP contribution in [-0.2, 0) is 4.79 Å². The molecule has 0 aliphatic rings. The smallest absolute Gasteiger partial charge is 0.245 e. The Bertz CT molecular complexity index is 934. The Morgan fingerprint density at radius 2 is 1.79 bits per heavy atom. The molecule has 0 fully saturated rings. The fraction of sp³-hybridized carbons (Fsp3) is 0.304. The highest BCUT2D eigenvalue weighted by molar-refractivity contribution is 5.81. The highest BCUT2D eigenvalue weighted by atomic mass is 16.5. The zero-order valence-electron chi connectivity index (χ0n) is 16.8. The van der Waals surface area contributed by atoms with Crippen LogP contribution in [0.15, 0.2) is 60.7 Å². The van der Waals surface area contributed by atoms with Crippen LogP contribution in [0.4, 0.5) is 0 Å². The molecule has 146 valence electrons. The number of hydrogen-bond acceptors (Lipinski definition) is 3. The van der Waals surface area contributed by atoms with Crippen LogP contribution in [0.1, 0.15) is 47.9 Å². The highest BCUT2D eigenvalue weighted by Gasteiger charge is 2.26. The van der Waals surface area contributed by atoms with Gasteiger partial charge in [-0.2, -0.15) is 5.10 Å². The minimum absolute atomic E-state index is 0.0616. The van der Waals surface area contributed by atoms with Crippen LogP contribution in [0, 0.1) is 13.8 Å². The highest BCUT2D eigenvalue weighted by Crippen LogP contribution is 2.30. The largest absolute Gasteiger partial charge is 0.496 e. The number of amides is 1. The normalized spacial score (nSPS) is 13.0. The molecule has 3 aromatic rings. The van der Waals surface area contributed by atoms with Crippen molar-refractivity contribution in [2.75, 3.05) is 7.11 Å². The molecule has 0 aliphatic carbocycles. The SMILES string of the molecule is CC[C@H](C(=O)N[C@H](c1ccccc1)c1ccccc1OC)n1nc(C)cc1C. The summed E-state index contributed by atoms with van der Waals surface area (Å²) in [6.45, 7) is 5.92. The molecule has 0 bridgehead atoms. The molecule has 1 aromatic heterocycles. The number of para-hydroxylation sites is 1. The molecule has 1 N–H and O–H groups in total. The van der Waals surface area contributed by atoms with Crippen molar-refractivity contribution in [3.05, 3.63) is 83.2 Å². The third kappa shape index (κ3) is 4.09. The van der Waals surface area contributed by atoms with E-state index >= 15 is 0 Å². The quantitative estimate of drug-likeness (QED) is 0.665. The number of hydrogen-bond donors (Lipinski definition) is 1. The number of carbonyl (C=O) groups is 1. The second-order valence-corrected chi connectivity index (χ2v) is 6.89. The topological polar surface area (TPSA) is 56.1 Å². The van der Waals surface area contributed by atoms with Crippen molar-refractivity contribution in [2.24, 2.45) is 0 Å². The lowest BCUT2D eigenvalue weighted by Crippen LogP contribution is -2.36. The van der Waals surface area contributed by atoms with Crippen molar-refractivity contribution in [3.63, 3.8) is 0 Å². The van der Waals surface area contributed by atoms with Gasteiger partial charge in [0.15, 0.2) is 0 Å². The number of aryl methyl sites for hydroxylation is 2. The van der Waals surface area contributed by atoms with Crippen molar-refractivity contribution in [2.45, 2.75) is 39.3 Å². The Hall–Kier alpha value is -3.08. The Morgan fingerprint density at radius 1 is 1.11 bits per heavy atom. The van der Waals surface area contributed by atoms with Gasteiger partial charge in [-0.25, -0.2) is 0 Å². The monoisotopic (exact) mass is 377 g/mol. The first kappa shape index (κ1) is 19.7. The van der Waals surface area contributed by atoms with Gasteiger partial charge in [-0.3, -0.25) is 9.48 Å². The molecule has 1 amide bonds. The summed E-state index contributed by atoms with van der Waals surface area (Å²) in [5.74, 6) is 0.685. The molecule has 2 atom stereocenters. The summed E-state index contributed by atoms with van der Waals surface area (Å²) in [6, 6.07) is 19.0. The molecule has 0 spiro atoms. The minimum Gasteiger partial charge on any atom is -0.496 e. The van der Waals surface area contributed by atoms with Gasteiger partial charge in [0.2, 0.25) is 5.91 Å². The van der Waals surface area contributed by atoms with Gasteiger partial charge >= 0.3 is 0 Å². The van der Waals surface area contributed by atoms with E-state index in [0.29, 0.717) is 6.42 Å². The van der Waals surface area contributed by atoms with Gasteiger partial charge in [0, 0.05) is 11.3 Å². The Kier molecular flexibility index (Phi) is 6.14. The summed E-state index contributed by atoms with van der Waals surface area (Å²) in [7, 11) is 1.65. The van der Waals surface area contributed by atoms with Gasteiger partial charge in [-0.15, -0.1) is 0 Å². The third-order valence-electron chi connectivity index (χ3n) is 4.90. The maximum Gasteiger partial charge on any atom is 0.245 e. The van der Waals surface area contributed by atoms with E-state index in [1.165, 1.54) is 0 Å². The fourth-order valence-corrected chi connectivity index (χ4v) is 3.56. The van der Waals surface area contributed by atoms with Crippen LogP contribution >= 0.6 is 0 Å². The molecule has 0 unspecified atom stereocenters. The molecule has 0 saturated heterocycles. The van der Waals surface area contributed by atoms with E-state index < -0.39 is 0 Å². The first-order valence-electron chi connectivity index (χ1n) is 9.56. The molecule has 28 heavy (non-hydrogen) atoms. The zero-order valence-corrected chi connectivity index (χ0v) is 16.8. The van der Waals surface area contributed by atoms with Gasteiger partial charge in [0.25, 0.3) is 0 Å². The molecule has 3 rings (SSSR count). The van der Waals surface area contributed by atoms with Gasteiger partial charge in [-0.1, -0.05) is 55.5 Å². The summed E-state index contributed by atoms with van der Waals surface area (Å²) in [4.78, 5) is 13.3. The van der Waals surface area contributed by atoms with E-state index in [1.807, 2.05) is 86.1 Å². The van der Waals surface area contributed by atoms with E-state index in [0.717, 1.165) is 28.3 Å².